The fourth-order valence-corrected chi connectivity index (χ4v) is 3.54. The van der Waals surface area contributed by atoms with Crippen molar-refractivity contribution in [1.82, 2.24) is 9.80 Å². The molecule has 1 N–H and O–H groups in total. The number of hydrogen-bond acceptors (Lipinski definition) is 3. The van der Waals surface area contributed by atoms with Crippen molar-refractivity contribution < 1.29 is 9.90 Å². The fourth-order valence-electron chi connectivity index (χ4n) is 3.54. The average molecular weight is 347 g/mol. The number of likely N-dealkylation sites (N-methyl/N-ethyl adjacent to an activating group) is 1. The van der Waals surface area contributed by atoms with E-state index in [0.29, 0.717) is 25.4 Å². The van der Waals surface area contributed by atoms with Gasteiger partial charge in [-0.25, -0.2) is 0 Å². The molecule has 0 saturated carbocycles. The molecule has 0 spiro atoms. The summed E-state index contributed by atoms with van der Waals surface area (Å²) in [5.41, 5.74) is 1.20. The fraction of sp³-hybridized carbons (Fsp3) is 0.667. The molecule has 1 aliphatic rings. The first-order valence-corrected chi connectivity index (χ1v) is 9.65. The van der Waals surface area contributed by atoms with Crippen LogP contribution in [-0.2, 0) is 11.3 Å². The normalized spacial score (nSPS) is 21.4. The lowest BCUT2D eigenvalue weighted by Crippen LogP contribution is -2.57. The van der Waals surface area contributed by atoms with E-state index in [0.717, 1.165) is 37.9 Å². The quantitative estimate of drug-likeness (QED) is 0.785. The van der Waals surface area contributed by atoms with E-state index in [1.807, 2.05) is 11.9 Å². The first kappa shape index (κ1) is 19.9. The molecule has 1 saturated heterocycles. The van der Waals surface area contributed by atoms with Crippen molar-refractivity contribution in [2.45, 2.75) is 64.5 Å². The molecule has 1 aromatic carbocycles. The topological polar surface area (TPSA) is 43.8 Å². The second kappa shape index (κ2) is 8.81. The Morgan fingerprint density at radius 1 is 1.28 bits per heavy atom. The monoisotopic (exact) mass is 346 g/mol. The molecule has 0 aliphatic carbocycles. The van der Waals surface area contributed by atoms with Crippen molar-refractivity contribution in [3.63, 3.8) is 0 Å². The van der Waals surface area contributed by atoms with Gasteiger partial charge in [-0.2, -0.15) is 0 Å². The van der Waals surface area contributed by atoms with Crippen LogP contribution in [0, 0.1) is 0 Å². The number of likely N-dealkylation sites (tertiary alicyclic amines) is 1. The summed E-state index contributed by atoms with van der Waals surface area (Å²) in [7, 11) is 1.99. The largest absolute Gasteiger partial charge is 0.379 e. The second-order valence-electron chi connectivity index (χ2n) is 7.85. The summed E-state index contributed by atoms with van der Waals surface area (Å²) in [6.07, 6.45) is 3.63. The number of unbranched alkanes of at least 4 members (excludes halogenated alkanes) is 1. The third-order valence-electron chi connectivity index (χ3n) is 5.15. The van der Waals surface area contributed by atoms with E-state index >= 15 is 0 Å². The predicted molar refractivity (Wildman–Crippen MR) is 103 cm³/mol. The summed E-state index contributed by atoms with van der Waals surface area (Å²) in [5.74, 6) is 0.393. The molecule has 0 aromatic heterocycles. The average Bonchev–Trinajstić information content (AvgIpc) is 2.58. The minimum atomic E-state index is -1.24. The van der Waals surface area contributed by atoms with Gasteiger partial charge < -0.3 is 14.9 Å². The zero-order valence-electron chi connectivity index (χ0n) is 16.3. The minimum Gasteiger partial charge on any atom is -0.379 e. The van der Waals surface area contributed by atoms with E-state index in [4.69, 9.17) is 0 Å². The Morgan fingerprint density at radius 2 is 1.96 bits per heavy atom. The maximum absolute atomic E-state index is 12.9. The Balaban J connectivity index is 2.00. The Bertz CT molecular complexity index is 556. The van der Waals surface area contributed by atoms with Crippen molar-refractivity contribution in [2.24, 2.45) is 0 Å². The van der Waals surface area contributed by atoms with Gasteiger partial charge in [-0.3, -0.25) is 4.79 Å². The molecule has 0 radical (unpaired) electrons. The highest BCUT2D eigenvalue weighted by Crippen LogP contribution is 2.25. The van der Waals surface area contributed by atoms with Crippen LogP contribution < -0.4 is 0 Å². The van der Waals surface area contributed by atoms with Crippen LogP contribution in [0.25, 0.3) is 0 Å². The minimum absolute atomic E-state index is 0.116. The van der Waals surface area contributed by atoms with Gasteiger partial charge in [0.05, 0.1) is 0 Å². The van der Waals surface area contributed by atoms with E-state index in [1.54, 1.807) is 0 Å². The van der Waals surface area contributed by atoms with Gasteiger partial charge in [-0.1, -0.05) is 51.5 Å². The summed E-state index contributed by atoms with van der Waals surface area (Å²) < 4.78 is 0. The molecule has 4 heteroatoms. The standard InChI is InChI=1S/C21H34N2O2/c1-5-6-13-22(4)16-21(25)12-7-14-23(20(21)24)15-18-8-10-19(11-9-18)17(2)3/h8-11,17,25H,5-7,12-16H2,1-4H3/t21-/m0/s1. The SMILES string of the molecule is CCCCN(C)C[C@@]1(O)CCCN(Cc2ccc(C(C)C)cc2)C1=O. The van der Waals surface area contributed by atoms with Crippen molar-refractivity contribution >= 4 is 5.91 Å². The van der Waals surface area contributed by atoms with Crippen LogP contribution in [0.4, 0.5) is 0 Å². The van der Waals surface area contributed by atoms with E-state index in [2.05, 4.69) is 49.9 Å². The van der Waals surface area contributed by atoms with Gasteiger partial charge in [-0.15, -0.1) is 0 Å². The Kier molecular flexibility index (Phi) is 7.03. The summed E-state index contributed by atoms with van der Waals surface area (Å²) in [6.45, 7) is 9.17. The van der Waals surface area contributed by atoms with Crippen LogP contribution in [0.5, 0.6) is 0 Å². The predicted octanol–water partition coefficient (Wildman–Crippen LogP) is 3.40. The third kappa shape index (κ3) is 5.29. The highest BCUT2D eigenvalue weighted by Gasteiger charge is 2.42. The Hall–Kier alpha value is -1.39. The first-order valence-electron chi connectivity index (χ1n) is 9.65. The third-order valence-corrected chi connectivity index (χ3v) is 5.15. The molecule has 1 aliphatic heterocycles. The van der Waals surface area contributed by atoms with Crippen molar-refractivity contribution in [3.8, 4) is 0 Å². The number of carbonyl (C=O) groups is 1. The van der Waals surface area contributed by atoms with Crippen molar-refractivity contribution in [1.29, 1.82) is 0 Å². The van der Waals surface area contributed by atoms with Crippen LogP contribution in [0.3, 0.4) is 0 Å². The van der Waals surface area contributed by atoms with E-state index in [-0.39, 0.29) is 5.91 Å². The number of carbonyl (C=O) groups excluding carboxylic acids is 1. The Labute approximate surface area is 152 Å². The molecule has 0 unspecified atom stereocenters. The van der Waals surface area contributed by atoms with Gasteiger partial charge in [0.2, 0.25) is 0 Å². The van der Waals surface area contributed by atoms with Gasteiger partial charge in [0.1, 0.15) is 0 Å². The number of piperidine rings is 1. The van der Waals surface area contributed by atoms with Crippen LogP contribution in [0.15, 0.2) is 24.3 Å². The highest BCUT2D eigenvalue weighted by atomic mass is 16.3. The van der Waals surface area contributed by atoms with Crippen LogP contribution in [0.1, 0.15) is 63.5 Å². The maximum Gasteiger partial charge on any atom is 0.256 e. The molecule has 1 heterocycles. The first-order chi connectivity index (χ1) is 11.9. The number of benzene rings is 1. The molecule has 4 nitrogen and oxygen atoms in total. The van der Waals surface area contributed by atoms with E-state index in [1.165, 1.54) is 5.56 Å². The summed E-state index contributed by atoms with van der Waals surface area (Å²) in [5, 5.41) is 10.9. The van der Waals surface area contributed by atoms with Crippen LogP contribution in [-0.4, -0.2) is 53.1 Å². The molecule has 1 aromatic rings. The molecule has 1 atom stereocenters. The van der Waals surface area contributed by atoms with Gasteiger partial charge in [0.25, 0.3) is 5.91 Å². The maximum atomic E-state index is 12.9. The van der Waals surface area contributed by atoms with Gasteiger partial charge in [-0.05, 0) is 49.9 Å². The summed E-state index contributed by atoms with van der Waals surface area (Å²) in [6, 6.07) is 8.48. The highest BCUT2D eigenvalue weighted by molar-refractivity contribution is 5.86. The number of aliphatic hydroxyl groups is 1. The van der Waals surface area contributed by atoms with E-state index < -0.39 is 5.60 Å². The molecule has 25 heavy (non-hydrogen) atoms. The lowest BCUT2D eigenvalue weighted by atomic mass is 9.90. The molecular weight excluding hydrogens is 312 g/mol. The molecule has 2 rings (SSSR count). The molecule has 1 amide bonds. The summed E-state index contributed by atoms with van der Waals surface area (Å²) >= 11 is 0. The number of hydrogen-bond donors (Lipinski definition) is 1. The summed E-state index contributed by atoms with van der Waals surface area (Å²) in [4.78, 5) is 16.8. The smallest absolute Gasteiger partial charge is 0.256 e. The van der Waals surface area contributed by atoms with Gasteiger partial charge in [0, 0.05) is 19.6 Å². The van der Waals surface area contributed by atoms with Crippen molar-refractivity contribution in [3.05, 3.63) is 35.4 Å². The van der Waals surface area contributed by atoms with E-state index in [9.17, 15) is 9.90 Å². The lowest BCUT2D eigenvalue weighted by molar-refractivity contribution is -0.159. The van der Waals surface area contributed by atoms with Crippen LogP contribution in [0.2, 0.25) is 0 Å². The number of rotatable bonds is 8. The molecular formula is C21H34N2O2. The zero-order valence-corrected chi connectivity index (χ0v) is 16.3. The lowest BCUT2D eigenvalue weighted by Gasteiger charge is -2.40. The molecule has 0 bridgehead atoms. The van der Waals surface area contributed by atoms with Gasteiger partial charge in [0.15, 0.2) is 5.60 Å². The van der Waals surface area contributed by atoms with Crippen molar-refractivity contribution in [2.75, 3.05) is 26.7 Å². The van der Waals surface area contributed by atoms with Crippen LogP contribution >= 0.6 is 0 Å². The molecule has 1 fully saturated rings. The molecule has 140 valence electrons. The second-order valence-corrected chi connectivity index (χ2v) is 7.85. The number of nitrogens with zero attached hydrogens (tertiary/aromatic N) is 2. The zero-order chi connectivity index (χ0) is 18.4. The Morgan fingerprint density at radius 3 is 2.56 bits per heavy atom. The number of amides is 1. The van der Waals surface area contributed by atoms with Gasteiger partial charge >= 0.3 is 0 Å².